The highest BCUT2D eigenvalue weighted by Gasteiger charge is 2.33. The number of tetrazole rings is 1. The van der Waals surface area contributed by atoms with E-state index in [1.807, 2.05) is 19.9 Å². The van der Waals surface area contributed by atoms with Gasteiger partial charge < -0.3 is 15.5 Å². The van der Waals surface area contributed by atoms with Gasteiger partial charge in [0.2, 0.25) is 0 Å². The third kappa shape index (κ3) is 5.49. The van der Waals surface area contributed by atoms with Gasteiger partial charge in [-0.25, -0.2) is 4.98 Å². The van der Waals surface area contributed by atoms with Crippen molar-refractivity contribution in [2.24, 2.45) is 11.8 Å². The van der Waals surface area contributed by atoms with Crippen LogP contribution in [0.3, 0.4) is 0 Å². The Morgan fingerprint density at radius 1 is 1.36 bits per heavy atom. The molecule has 0 aromatic carbocycles. The number of H-pyrrole nitrogens is 1. The summed E-state index contributed by atoms with van der Waals surface area (Å²) in [7, 11) is 0. The Morgan fingerprint density at radius 3 is 2.68 bits per heavy atom. The van der Waals surface area contributed by atoms with Crippen LogP contribution in [0.2, 0.25) is 0 Å². The molecule has 9 heteroatoms. The van der Waals surface area contributed by atoms with E-state index in [4.69, 9.17) is 5.11 Å². The fourth-order valence-electron chi connectivity index (χ4n) is 2.77. The van der Waals surface area contributed by atoms with Crippen molar-refractivity contribution in [2.45, 2.75) is 32.6 Å². The average molecular weight is 348 g/mol. The van der Waals surface area contributed by atoms with E-state index in [2.05, 4.69) is 30.9 Å². The van der Waals surface area contributed by atoms with Gasteiger partial charge in [-0.2, -0.15) is 5.21 Å². The summed E-state index contributed by atoms with van der Waals surface area (Å²) in [4.78, 5) is 16.1. The Labute approximate surface area is 145 Å². The molecule has 0 aliphatic carbocycles. The van der Waals surface area contributed by atoms with Gasteiger partial charge in [-0.05, 0) is 30.4 Å². The Hall–Kier alpha value is -2.55. The SMILES string of the molecule is CC(C)CC(C(=O)O)C(Cc1ccc(NCCO)nc1)c1nn[nH]n1. The lowest BCUT2D eigenvalue weighted by atomic mass is 9.81. The van der Waals surface area contributed by atoms with E-state index in [1.54, 1.807) is 12.3 Å². The number of carbonyl (C=O) groups is 1. The lowest BCUT2D eigenvalue weighted by molar-refractivity contribution is -0.143. The Morgan fingerprint density at radius 2 is 2.16 bits per heavy atom. The van der Waals surface area contributed by atoms with Crippen LogP contribution >= 0.6 is 0 Å². The molecule has 4 N–H and O–H groups in total. The van der Waals surface area contributed by atoms with Crippen LogP contribution in [0.5, 0.6) is 0 Å². The lowest BCUT2D eigenvalue weighted by Crippen LogP contribution is -2.26. The predicted octanol–water partition coefficient (Wildman–Crippen LogP) is 1.07. The molecule has 0 saturated heterocycles. The van der Waals surface area contributed by atoms with Crippen molar-refractivity contribution in [3.05, 3.63) is 29.7 Å². The number of aliphatic hydroxyl groups is 1. The fraction of sp³-hybridized carbons (Fsp3) is 0.562. The number of nitrogens with zero attached hydrogens (tertiary/aromatic N) is 4. The first kappa shape index (κ1) is 18.8. The number of hydrogen-bond donors (Lipinski definition) is 4. The van der Waals surface area contributed by atoms with Crippen molar-refractivity contribution < 1.29 is 15.0 Å². The third-order valence-corrected chi connectivity index (χ3v) is 3.92. The van der Waals surface area contributed by atoms with Crippen molar-refractivity contribution in [1.82, 2.24) is 25.6 Å². The topological polar surface area (TPSA) is 137 Å². The second-order valence-corrected chi connectivity index (χ2v) is 6.36. The number of pyridine rings is 1. The minimum absolute atomic E-state index is 0.0266. The van der Waals surface area contributed by atoms with Gasteiger partial charge in [-0.1, -0.05) is 25.1 Å². The molecule has 0 radical (unpaired) electrons. The summed E-state index contributed by atoms with van der Waals surface area (Å²) in [6, 6.07) is 3.69. The molecule has 0 amide bonds. The third-order valence-electron chi connectivity index (χ3n) is 3.92. The molecule has 25 heavy (non-hydrogen) atoms. The number of carboxylic acid groups (broad SMARTS) is 1. The number of aliphatic hydroxyl groups excluding tert-OH is 1. The first-order chi connectivity index (χ1) is 12.0. The lowest BCUT2D eigenvalue weighted by Gasteiger charge is -2.23. The van der Waals surface area contributed by atoms with Gasteiger partial charge in [0.05, 0.1) is 12.5 Å². The summed E-state index contributed by atoms with van der Waals surface area (Å²) in [5.41, 5.74) is 0.888. The van der Waals surface area contributed by atoms with Crippen LogP contribution < -0.4 is 5.32 Å². The highest BCUT2D eigenvalue weighted by molar-refractivity contribution is 5.71. The van der Waals surface area contributed by atoms with Gasteiger partial charge in [0.1, 0.15) is 5.82 Å². The molecule has 2 aromatic heterocycles. The highest BCUT2D eigenvalue weighted by Crippen LogP contribution is 2.31. The first-order valence-corrected chi connectivity index (χ1v) is 8.27. The number of anilines is 1. The van der Waals surface area contributed by atoms with Crippen LogP contribution in [-0.2, 0) is 11.2 Å². The molecular formula is C16H24N6O3. The number of aromatic nitrogens is 5. The number of aliphatic carboxylic acids is 1. The van der Waals surface area contributed by atoms with Gasteiger partial charge in [0.25, 0.3) is 0 Å². The summed E-state index contributed by atoms with van der Waals surface area (Å²) in [5, 5.41) is 35.5. The van der Waals surface area contributed by atoms with Crippen molar-refractivity contribution in [3.8, 4) is 0 Å². The van der Waals surface area contributed by atoms with E-state index in [0.717, 1.165) is 5.56 Å². The summed E-state index contributed by atoms with van der Waals surface area (Å²) < 4.78 is 0. The summed E-state index contributed by atoms with van der Waals surface area (Å²) >= 11 is 0. The normalized spacial score (nSPS) is 13.6. The molecule has 2 atom stereocenters. The molecule has 0 aliphatic heterocycles. The van der Waals surface area contributed by atoms with Crippen LogP contribution in [0.15, 0.2) is 18.3 Å². The summed E-state index contributed by atoms with van der Waals surface area (Å²) in [6.45, 7) is 4.44. The van der Waals surface area contributed by atoms with Crippen molar-refractivity contribution in [2.75, 3.05) is 18.5 Å². The zero-order valence-electron chi connectivity index (χ0n) is 14.4. The van der Waals surface area contributed by atoms with Gasteiger partial charge >= 0.3 is 5.97 Å². The van der Waals surface area contributed by atoms with Crippen LogP contribution in [0.1, 0.15) is 37.6 Å². The monoisotopic (exact) mass is 348 g/mol. The van der Waals surface area contributed by atoms with Crippen LogP contribution in [0.4, 0.5) is 5.82 Å². The molecule has 0 aliphatic rings. The quantitative estimate of drug-likeness (QED) is 0.500. The summed E-state index contributed by atoms with van der Waals surface area (Å²) in [6.07, 6.45) is 2.68. The standard InChI is InChI=1S/C16H24N6O3/c1-10(2)7-13(16(24)25)12(15-19-21-22-20-15)8-11-3-4-14(18-9-11)17-5-6-23/h3-4,9-10,12-13,23H,5-8H2,1-2H3,(H,17,18)(H,24,25)(H,19,20,21,22). The minimum Gasteiger partial charge on any atom is -0.481 e. The van der Waals surface area contributed by atoms with E-state index >= 15 is 0 Å². The molecule has 2 rings (SSSR count). The van der Waals surface area contributed by atoms with Gasteiger partial charge in [-0.15, -0.1) is 10.2 Å². The van der Waals surface area contributed by atoms with Crippen LogP contribution in [-0.4, -0.2) is 54.9 Å². The molecule has 136 valence electrons. The number of rotatable bonds is 10. The van der Waals surface area contributed by atoms with Crippen molar-refractivity contribution in [1.29, 1.82) is 0 Å². The average Bonchev–Trinajstić information content (AvgIpc) is 3.11. The maximum atomic E-state index is 11.8. The second-order valence-electron chi connectivity index (χ2n) is 6.36. The molecule has 9 nitrogen and oxygen atoms in total. The number of aromatic amines is 1. The number of hydrogen-bond acceptors (Lipinski definition) is 7. The molecule has 0 bridgehead atoms. The van der Waals surface area contributed by atoms with Gasteiger partial charge in [0, 0.05) is 18.7 Å². The Balaban J connectivity index is 2.20. The molecule has 2 unspecified atom stereocenters. The van der Waals surface area contributed by atoms with E-state index in [-0.39, 0.29) is 12.5 Å². The minimum atomic E-state index is -0.863. The molecule has 0 fully saturated rings. The van der Waals surface area contributed by atoms with Crippen LogP contribution in [0, 0.1) is 11.8 Å². The fourth-order valence-corrected chi connectivity index (χ4v) is 2.77. The molecule has 2 heterocycles. The summed E-state index contributed by atoms with van der Waals surface area (Å²) in [5.74, 6) is -0.570. The predicted molar refractivity (Wildman–Crippen MR) is 91.0 cm³/mol. The second kappa shape index (κ2) is 9.07. The molecule has 0 spiro atoms. The van der Waals surface area contributed by atoms with E-state index in [0.29, 0.717) is 31.0 Å². The number of nitrogens with one attached hydrogen (secondary N) is 2. The molecular weight excluding hydrogens is 324 g/mol. The van der Waals surface area contributed by atoms with Gasteiger partial charge in [-0.3, -0.25) is 4.79 Å². The highest BCUT2D eigenvalue weighted by atomic mass is 16.4. The smallest absolute Gasteiger partial charge is 0.307 e. The maximum absolute atomic E-state index is 11.8. The number of carboxylic acids is 1. The van der Waals surface area contributed by atoms with Crippen LogP contribution in [0.25, 0.3) is 0 Å². The largest absolute Gasteiger partial charge is 0.481 e. The van der Waals surface area contributed by atoms with E-state index < -0.39 is 17.8 Å². The zero-order valence-corrected chi connectivity index (χ0v) is 14.4. The maximum Gasteiger partial charge on any atom is 0.307 e. The van der Waals surface area contributed by atoms with Crippen molar-refractivity contribution in [3.63, 3.8) is 0 Å². The Kier molecular flexibility index (Phi) is 6.81. The Bertz CT molecular complexity index is 644. The molecule has 0 saturated carbocycles. The van der Waals surface area contributed by atoms with E-state index in [9.17, 15) is 9.90 Å². The zero-order chi connectivity index (χ0) is 18.2. The van der Waals surface area contributed by atoms with E-state index in [1.165, 1.54) is 0 Å². The van der Waals surface area contributed by atoms with Gasteiger partial charge in [0.15, 0.2) is 5.82 Å². The molecule has 2 aromatic rings. The van der Waals surface area contributed by atoms with Crippen molar-refractivity contribution >= 4 is 11.8 Å². The first-order valence-electron chi connectivity index (χ1n) is 8.27.